The van der Waals surface area contributed by atoms with Crippen LogP contribution in [0.15, 0.2) is 84.6 Å². The fourth-order valence-electron chi connectivity index (χ4n) is 1.59. The Labute approximate surface area is 91.0 Å². The lowest BCUT2D eigenvalue weighted by Gasteiger charge is -2.03. The molecule has 1 unspecified atom stereocenters. The minimum Gasteiger partial charge on any atom is -0.0732 e. The normalized spacial score (nSPS) is 23.5. The van der Waals surface area contributed by atoms with Gasteiger partial charge in [0, 0.05) is 5.92 Å². The van der Waals surface area contributed by atoms with E-state index in [9.17, 15) is 0 Å². The van der Waals surface area contributed by atoms with Crippen molar-refractivity contribution in [2.24, 2.45) is 5.92 Å². The van der Waals surface area contributed by atoms with Gasteiger partial charge >= 0.3 is 0 Å². The second kappa shape index (κ2) is 5.16. The summed E-state index contributed by atoms with van der Waals surface area (Å²) in [6, 6.07) is 0. The van der Waals surface area contributed by atoms with E-state index in [0.717, 1.165) is 0 Å². The van der Waals surface area contributed by atoms with Crippen molar-refractivity contribution in [1.82, 2.24) is 0 Å². The van der Waals surface area contributed by atoms with E-state index in [1.807, 2.05) is 30.4 Å². The van der Waals surface area contributed by atoms with Crippen LogP contribution in [-0.2, 0) is 0 Å². The van der Waals surface area contributed by atoms with Gasteiger partial charge in [-0.1, -0.05) is 79.0 Å². The maximum absolute atomic E-state index is 2.20. The van der Waals surface area contributed by atoms with Crippen molar-refractivity contribution in [2.75, 3.05) is 0 Å². The van der Waals surface area contributed by atoms with Gasteiger partial charge in [0.15, 0.2) is 0 Å². The van der Waals surface area contributed by atoms with Gasteiger partial charge in [0.25, 0.3) is 0 Å². The van der Waals surface area contributed by atoms with Crippen molar-refractivity contribution in [1.29, 1.82) is 0 Å². The van der Waals surface area contributed by atoms with E-state index in [2.05, 4.69) is 48.6 Å². The molecule has 0 heteroatoms. The van der Waals surface area contributed by atoms with Crippen LogP contribution < -0.4 is 0 Å². The van der Waals surface area contributed by atoms with Crippen LogP contribution in [-0.4, -0.2) is 0 Å². The first-order chi connectivity index (χ1) is 7.47. The number of hydrogen-bond donors (Lipinski definition) is 0. The molecule has 0 radical (unpaired) electrons. The second-order valence-electron chi connectivity index (χ2n) is 3.48. The van der Waals surface area contributed by atoms with Crippen LogP contribution in [0, 0.1) is 5.92 Å². The van der Waals surface area contributed by atoms with Gasteiger partial charge in [0.05, 0.1) is 0 Å². The maximum atomic E-state index is 2.20. The molecule has 2 aliphatic carbocycles. The predicted molar refractivity (Wildman–Crippen MR) is 66.4 cm³/mol. The van der Waals surface area contributed by atoms with Crippen LogP contribution in [0.4, 0.5) is 0 Å². The fourth-order valence-corrected chi connectivity index (χ4v) is 1.59. The summed E-state index contributed by atoms with van der Waals surface area (Å²) in [5.41, 5.74) is 1.34. The molecule has 2 rings (SSSR count). The maximum Gasteiger partial charge on any atom is 0.0204 e. The number of fused-ring (bicyclic) bond motifs is 1. The molecule has 2 aliphatic rings. The zero-order chi connectivity index (χ0) is 10.3. The van der Waals surface area contributed by atoms with Crippen LogP contribution in [0.1, 0.15) is 0 Å². The van der Waals surface area contributed by atoms with Gasteiger partial charge in [0.2, 0.25) is 0 Å². The van der Waals surface area contributed by atoms with Crippen LogP contribution >= 0.6 is 0 Å². The van der Waals surface area contributed by atoms with E-state index < -0.39 is 0 Å². The molecule has 0 heterocycles. The van der Waals surface area contributed by atoms with E-state index in [-0.39, 0.29) is 0 Å². The predicted octanol–water partition coefficient (Wildman–Crippen LogP) is 3.89. The van der Waals surface area contributed by atoms with Crippen molar-refractivity contribution in [3.05, 3.63) is 84.6 Å². The first kappa shape index (κ1) is 9.72. The van der Waals surface area contributed by atoms with Crippen molar-refractivity contribution in [3.63, 3.8) is 0 Å². The Morgan fingerprint density at radius 3 is 2.00 bits per heavy atom. The van der Waals surface area contributed by atoms with E-state index in [4.69, 9.17) is 0 Å². The molecular formula is C15H14. The minimum atomic E-state index is 0.433. The van der Waals surface area contributed by atoms with Crippen molar-refractivity contribution in [3.8, 4) is 0 Å². The summed E-state index contributed by atoms with van der Waals surface area (Å²) in [4.78, 5) is 0. The monoisotopic (exact) mass is 194 g/mol. The molecule has 0 bridgehead atoms. The van der Waals surface area contributed by atoms with Gasteiger partial charge in [-0.15, -0.1) is 0 Å². The Bertz CT molecular complexity index is 409. The first-order valence-electron chi connectivity index (χ1n) is 5.20. The molecule has 74 valence electrons. The quantitative estimate of drug-likeness (QED) is 0.548. The highest BCUT2D eigenvalue weighted by Crippen LogP contribution is 2.21. The van der Waals surface area contributed by atoms with Gasteiger partial charge in [-0.3, -0.25) is 0 Å². The Morgan fingerprint density at radius 1 is 0.600 bits per heavy atom. The van der Waals surface area contributed by atoms with Gasteiger partial charge in [-0.2, -0.15) is 0 Å². The highest BCUT2D eigenvalue weighted by molar-refractivity contribution is 5.40. The van der Waals surface area contributed by atoms with E-state index in [1.165, 1.54) is 5.57 Å². The number of allylic oxidation sites excluding steroid dienone is 14. The molecule has 0 aliphatic heterocycles. The van der Waals surface area contributed by atoms with Crippen molar-refractivity contribution >= 4 is 0 Å². The lowest BCUT2D eigenvalue weighted by molar-refractivity contribution is 1.03. The highest BCUT2D eigenvalue weighted by Gasteiger charge is 2.07. The van der Waals surface area contributed by atoms with Gasteiger partial charge in [-0.25, -0.2) is 0 Å². The first-order valence-corrected chi connectivity index (χ1v) is 5.20. The van der Waals surface area contributed by atoms with Crippen LogP contribution in [0.5, 0.6) is 0 Å². The molecule has 0 N–H and O–H groups in total. The second-order valence-corrected chi connectivity index (χ2v) is 3.48. The van der Waals surface area contributed by atoms with E-state index in [1.54, 1.807) is 0 Å². The van der Waals surface area contributed by atoms with E-state index in [0.29, 0.717) is 5.92 Å². The molecule has 0 saturated carbocycles. The molecule has 0 fully saturated rings. The average Bonchev–Trinajstić information content (AvgIpc) is 2.65. The lowest BCUT2D eigenvalue weighted by atomic mass is 10.0. The molecule has 1 atom stereocenters. The minimum absolute atomic E-state index is 0.433. The van der Waals surface area contributed by atoms with Gasteiger partial charge in [-0.05, 0) is 5.57 Å². The molecule has 0 saturated heterocycles. The summed E-state index contributed by atoms with van der Waals surface area (Å²) in [5.74, 6) is 0.433. The van der Waals surface area contributed by atoms with Crippen LogP contribution in [0.3, 0.4) is 0 Å². The molecular weight excluding hydrogens is 180 g/mol. The van der Waals surface area contributed by atoms with Gasteiger partial charge < -0.3 is 0 Å². The third kappa shape index (κ3) is 2.81. The standard InChI is InChI=1S/C15H14/c1-2-4-6-8-11-15-13-9-12-14(15)10-7-5-3-1/h1-14H. The third-order valence-corrected chi connectivity index (χ3v) is 2.38. The van der Waals surface area contributed by atoms with Crippen LogP contribution in [0.25, 0.3) is 0 Å². The summed E-state index contributed by atoms with van der Waals surface area (Å²) in [5, 5.41) is 0. The molecule has 0 aromatic carbocycles. The zero-order valence-electron chi connectivity index (χ0n) is 8.58. The summed E-state index contributed by atoms with van der Waals surface area (Å²) in [6.07, 6.45) is 27.2. The molecule has 0 aromatic heterocycles. The fraction of sp³-hybridized carbons (Fsp3) is 0.0667. The summed E-state index contributed by atoms with van der Waals surface area (Å²) in [7, 11) is 0. The Balaban J connectivity index is 2.23. The highest BCUT2D eigenvalue weighted by atomic mass is 14.1. The average molecular weight is 194 g/mol. The Morgan fingerprint density at radius 2 is 1.20 bits per heavy atom. The molecule has 0 aromatic rings. The van der Waals surface area contributed by atoms with Gasteiger partial charge in [0.1, 0.15) is 0 Å². The van der Waals surface area contributed by atoms with E-state index >= 15 is 0 Å². The summed E-state index contributed by atoms with van der Waals surface area (Å²) in [6.45, 7) is 0. The molecule has 0 nitrogen and oxygen atoms in total. The smallest absolute Gasteiger partial charge is 0.0204 e. The third-order valence-electron chi connectivity index (χ3n) is 2.38. The largest absolute Gasteiger partial charge is 0.0732 e. The molecule has 15 heavy (non-hydrogen) atoms. The molecule has 0 spiro atoms. The SMILES string of the molecule is C1=CC=CC=CC2C=CC=C2C=CC=C1. The Hall–Kier alpha value is -1.82. The Kier molecular flexibility index (Phi) is 3.34. The van der Waals surface area contributed by atoms with Crippen molar-refractivity contribution < 1.29 is 0 Å². The van der Waals surface area contributed by atoms with Crippen molar-refractivity contribution in [2.45, 2.75) is 0 Å². The lowest BCUT2D eigenvalue weighted by Crippen LogP contribution is -1.89. The summed E-state index contributed by atoms with van der Waals surface area (Å²) >= 11 is 0. The number of hydrogen-bond acceptors (Lipinski definition) is 0. The number of rotatable bonds is 0. The molecule has 0 amide bonds. The summed E-state index contributed by atoms with van der Waals surface area (Å²) < 4.78 is 0. The zero-order valence-corrected chi connectivity index (χ0v) is 8.58. The van der Waals surface area contributed by atoms with Crippen LogP contribution in [0.2, 0.25) is 0 Å². The topological polar surface area (TPSA) is 0 Å².